The van der Waals surface area contributed by atoms with E-state index in [1.807, 2.05) is 0 Å². The van der Waals surface area contributed by atoms with Crippen molar-refractivity contribution in [3.05, 3.63) is 57.5 Å². The molecule has 2 aromatic carbocycles. The van der Waals surface area contributed by atoms with Gasteiger partial charge in [0.25, 0.3) is 15.0 Å². The second-order valence-electron chi connectivity index (χ2n) is 4.04. The van der Waals surface area contributed by atoms with Crippen molar-refractivity contribution in [2.24, 2.45) is 0 Å². The molecule has 8 heteroatoms. The smallest absolute Gasteiger partial charge is 0.261 e. The van der Waals surface area contributed by atoms with E-state index >= 15 is 0 Å². The highest BCUT2D eigenvalue weighted by atomic mass is 79.9. The van der Waals surface area contributed by atoms with Crippen LogP contribution in [-0.4, -0.2) is 14.3 Å². The summed E-state index contributed by atoms with van der Waals surface area (Å²) >= 11 is 9.23. The lowest BCUT2D eigenvalue weighted by Crippen LogP contribution is -2.12. The second kappa shape index (κ2) is 6.36. The molecule has 0 aliphatic rings. The number of hydrogen-bond donors (Lipinski definition) is 1. The summed E-state index contributed by atoms with van der Waals surface area (Å²) < 4.78 is 23.0. The van der Waals surface area contributed by atoms with E-state index in [0.717, 1.165) is 4.47 Å². The number of rotatable bonds is 3. The topological polar surface area (TPSA) is 63.2 Å². The Morgan fingerprint density at radius 2 is 1.71 bits per heavy atom. The molecule has 0 radical (unpaired) electrons. The first-order valence-corrected chi connectivity index (χ1v) is 9.06. The van der Waals surface area contributed by atoms with Crippen LogP contribution in [-0.2, 0) is 9.05 Å². The monoisotopic (exact) mass is 407 g/mol. The van der Waals surface area contributed by atoms with Crippen LogP contribution in [0.3, 0.4) is 0 Å². The first kappa shape index (κ1) is 16.3. The van der Waals surface area contributed by atoms with Gasteiger partial charge in [0, 0.05) is 20.8 Å². The van der Waals surface area contributed by atoms with Crippen LogP contribution in [0.1, 0.15) is 10.4 Å². The van der Waals surface area contributed by atoms with Crippen LogP contribution in [0.4, 0.5) is 5.69 Å². The number of hydrogen-bond acceptors (Lipinski definition) is 3. The summed E-state index contributed by atoms with van der Waals surface area (Å²) in [6, 6.07) is 10.4. The summed E-state index contributed by atoms with van der Waals surface area (Å²) in [7, 11) is 1.43. The predicted molar refractivity (Wildman–Crippen MR) is 86.6 cm³/mol. The predicted octanol–water partition coefficient (Wildman–Crippen LogP) is 4.28. The van der Waals surface area contributed by atoms with E-state index in [1.165, 1.54) is 24.3 Å². The van der Waals surface area contributed by atoms with Crippen molar-refractivity contribution < 1.29 is 13.2 Å². The van der Waals surface area contributed by atoms with Gasteiger partial charge in [-0.25, -0.2) is 8.42 Å². The van der Waals surface area contributed by atoms with Gasteiger partial charge in [0.15, 0.2) is 0 Å². The fourth-order valence-electron chi connectivity index (χ4n) is 1.57. The molecule has 0 spiro atoms. The molecule has 0 bridgehead atoms. The molecule has 1 amide bonds. The van der Waals surface area contributed by atoms with Crippen LogP contribution in [0.15, 0.2) is 51.8 Å². The Morgan fingerprint density at radius 1 is 1.10 bits per heavy atom. The molecule has 0 saturated carbocycles. The van der Waals surface area contributed by atoms with Gasteiger partial charge in [0.2, 0.25) is 0 Å². The van der Waals surface area contributed by atoms with E-state index < -0.39 is 15.0 Å². The van der Waals surface area contributed by atoms with Crippen LogP contribution >= 0.6 is 38.2 Å². The van der Waals surface area contributed by atoms with Gasteiger partial charge in [0.05, 0.1) is 15.5 Å². The van der Waals surface area contributed by atoms with E-state index in [0.29, 0.717) is 16.3 Å². The molecule has 4 nitrogen and oxygen atoms in total. The summed E-state index contributed by atoms with van der Waals surface area (Å²) in [5, 5.41) is 2.94. The van der Waals surface area contributed by atoms with Crippen LogP contribution in [0.2, 0.25) is 5.02 Å². The molecule has 0 unspecified atom stereocenters. The fraction of sp³-hybridized carbons (Fsp3) is 0. The molecule has 0 saturated heterocycles. The van der Waals surface area contributed by atoms with Crippen LogP contribution in [0.25, 0.3) is 0 Å². The average Bonchev–Trinajstić information content (AvgIpc) is 2.41. The largest absolute Gasteiger partial charge is 0.322 e. The third-order valence-electron chi connectivity index (χ3n) is 2.57. The molecular weight excluding hydrogens is 401 g/mol. The summed E-state index contributed by atoms with van der Waals surface area (Å²) in [5.74, 6) is -0.400. The molecule has 21 heavy (non-hydrogen) atoms. The standard InChI is InChI=1S/C13H8BrCl2NO3S/c14-8-1-6-12(15)11(7-8)13(18)17-9-2-4-10(5-3-9)21(16,19)20/h1-7H,(H,17,18). The Kier molecular flexibility index (Phi) is 4.93. The molecule has 0 fully saturated rings. The van der Waals surface area contributed by atoms with Crippen LogP contribution in [0.5, 0.6) is 0 Å². The molecule has 2 aromatic rings. The lowest BCUT2D eigenvalue weighted by atomic mass is 10.2. The quantitative estimate of drug-likeness (QED) is 0.770. The zero-order chi connectivity index (χ0) is 15.6. The molecule has 0 aliphatic carbocycles. The number of halogens is 3. The van der Waals surface area contributed by atoms with E-state index in [-0.39, 0.29) is 4.90 Å². The normalized spacial score (nSPS) is 11.2. The first-order chi connectivity index (χ1) is 9.77. The highest BCUT2D eigenvalue weighted by Crippen LogP contribution is 2.23. The number of carbonyl (C=O) groups excluding carboxylic acids is 1. The van der Waals surface area contributed by atoms with Crippen molar-refractivity contribution in [3.8, 4) is 0 Å². The Bertz CT molecular complexity index is 792. The molecule has 0 aliphatic heterocycles. The fourth-order valence-corrected chi connectivity index (χ4v) is 2.90. The van der Waals surface area contributed by atoms with Gasteiger partial charge in [-0.2, -0.15) is 0 Å². The van der Waals surface area contributed by atoms with E-state index in [9.17, 15) is 13.2 Å². The zero-order valence-electron chi connectivity index (χ0n) is 10.3. The van der Waals surface area contributed by atoms with Crippen LogP contribution < -0.4 is 5.32 Å². The van der Waals surface area contributed by atoms with Crippen molar-refractivity contribution in [3.63, 3.8) is 0 Å². The summed E-state index contributed by atoms with van der Waals surface area (Å²) in [5.41, 5.74) is 0.736. The van der Waals surface area contributed by atoms with Gasteiger partial charge >= 0.3 is 0 Å². The van der Waals surface area contributed by atoms with Crippen molar-refractivity contribution in [2.45, 2.75) is 4.90 Å². The van der Waals surface area contributed by atoms with E-state index in [1.54, 1.807) is 18.2 Å². The minimum Gasteiger partial charge on any atom is -0.322 e. The molecule has 0 atom stereocenters. The molecule has 0 heterocycles. The van der Waals surface area contributed by atoms with Crippen molar-refractivity contribution in [1.82, 2.24) is 0 Å². The van der Waals surface area contributed by atoms with Gasteiger partial charge in [-0.15, -0.1) is 0 Å². The van der Waals surface area contributed by atoms with Gasteiger partial charge in [-0.05, 0) is 42.5 Å². The number of amides is 1. The lowest BCUT2D eigenvalue weighted by molar-refractivity contribution is 0.102. The number of carbonyl (C=O) groups is 1. The van der Waals surface area contributed by atoms with Gasteiger partial charge in [0.1, 0.15) is 0 Å². The maximum absolute atomic E-state index is 12.1. The van der Waals surface area contributed by atoms with Gasteiger partial charge in [-0.1, -0.05) is 27.5 Å². The zero-order valence-corrected chi connectivity index (χ0v) is 14.2. The summed E-state index contributed by atoms with van der Waals surface area (Å²) in [6.07, 6.45) is 0. The average molecular weight is 409 g/mol. The van der Waals surface area contributed by atoms with Gasteiger partial charge < -0.3 is 5.32 Å². The van der Waals surface area contributed by atoms with Crippen molar-refractivity contribution in [2.75, 3.05) is 5.32 Å². The molecule has 0 aromatic heterocycles. The lowest BCUT2D eigenvalue weighted by Gasteiger charge is -2.07. The number of benzene rings is 2. The minimum absolute atomic E-state index is 0.0392. The maximum Gasteiger partial charge on any atom is 0.261 e. The highest BCUT2D eigenvalue weighted by molar-refractivity contribution is 9.10. The molecular formula is C13H8BrCl2NO3S. The van der Waals surface area contributed by atoms with Crippen LogP contribution in [0, 0.1) is 0 Å². The SMILES string of the molecule is O=C(Nc1ccc(S(=O)(=O)Cl)cc1)c1cc(Br)ccc1Cl. The Labute approximate surface area is 139 Å². The Morgan fingerprint density at radius 3 is 2.29 bits per heavy atom. The van der Waals surface area contributed by atoms with Crippen molar-refractivity contribution in [1.29, 1.82) is 0 Å². The Balaban J connectivity index is 2.22. The maximum atomic E-state index is 12.1. The van der Waals surface area contributed by atoms with E-state index in [2.05, 4.69) is 21.2 Å². The van der Waals surface area contributed by atoms with Crippen molar-refractivity contribution >= 4 is 58.9 Å². The third kappa shape index (κ3) is 4.20. The number of nitrogens with one attached hydrogen (secondary N) is 1. The summed E-state index contributed by atoms with van der Waals surface area (Å²) in [4.78, 5) is 12.1. The molecule has 110 valence electrons. The second-order valence-corrected chi connectivity index (χ2v) is 7.93. The summed E-state index contributed by atoms with van der Waals surface area (Å²) in [6.45, 7) is 0. The third-order valence-corrected chi connectivity index (χ3v) is 4.76. The number of anilines is 1. The molecule has 1 N–H and O–H groups in total. The van der Waals surface area contributed by atoms with E-state index in [4.69, 9.17) is 22.3 Å². The minimum atomic E-state index is -3.78. The molecule has 2 rings (SSSR count). The highest BCUT2D eigenvalue weighted by Gasteiger charge is 2.13. The van der Waals surface area contributed by atoms with Gasteiger partial charge in [-0.3, -0.25) is 4.79 Å². The first-order valence-electron chi connectivity index (χ1n) is 5.58. The Hall–Kier alpha value is -1.08.